The van der Waals surface area contributed by atoms with Crippen LogP contribution in [0, 0.1) is 0 Å². The number of anilines is 1. The Morgan fingerprint density at radius 2 is 2.04 bits per heavy atom. The Labute approximate surface area is 135 Å². The highest BCUT2D eigenvalue weighted by molar-refractivity contribution is 6.06. The smallest absolute Gasteiger partial charge is 0.152 e. The average Bonchev–Trinajstić information content (AvgIpc) is 3.17. The summed E-state index contributed by atoms with van der Waals surface area (Å²) >= 11 is 0. The number of pyridine rings is 1. The number of nitrogen functional groups attached to an aromatic ring is 1. The molecule has 5 heteroatoms. The van der Waals surface area contributed by atoms with E-state index in [1.54, 1.807) is 0 Å². The van der Waals surface area contributed by atoms with E-state index < -0.39 is 5.60 Å². The minimum atomic E-state index is -0.651. The summed E-state index contributed by atoms with van der Waals surface area (Å²) in [5, 5.41) is 12.2. The molecule has 2 heterocycles. The monoisotopic (exact) mass is 310 g/mol. The Morgan fingerprint density at radius 3 is 2.78 bits per heavy atom. The van der Waals surface area contributed by atoms with Crippen LogP contribution in [0.3, 0.4) is 0 Å². The number of hydrogen-bond acceptors (Lipinski definition) is 4. The number of aromatic nitrogens is 3. The van der Waals surface area contributed by atoms with Crippen molar-refractivity contribution in [1.82, 2.24) is 14.5 Å². The van der Waals surface area contributed by atoms with Crippen LogP contribution in [0.4, 0.5) is 5.82 Å². The standard InChI is InChI=1S/C18H22N4O/c1-2-14(18(23)9-5-6-10-18)22-11-20-15-16(22)12-7-3-4-8-13(12)21-17(15)19/h3-4,7-8,11,14,23H,2,5-6,9-10H2,1H3,(H2,19,21)/t14-/m1/s1. The second kappa shape index (κ2) is 5.20. The molecule has 5 nitrogen and oxygen atoms in total. The Balaban J connectivity index is 2.00. The van der Waals surface area contributed by atoms with Gasteiger partial charge in [-0.2, -0.15) is 0 Å². The molecule has 0 saturated heterocycles. The maximum atomic E-state index is 11.1. The maximum absolute atomic E-state index is 11.1. The van der Waals surface area contributed by atoms with Gasteiger partial charge in [-0.15, -0.1) is 0 Å². The van der Waals surface area contributed by atoms with Gasteiger partial charge in [-0.1, -0.05) is 38.0 Å². The Bertz CT molecular complexity index is 864. The minimum Gasteiger partial charge on any atom is -0.388 e. The Hall–Kier alpha value is -2.14. The first-order chi connectivity index (χ1) is 11.1. The molecule has 1 aliphatic rings. The van der Waals surface area contributed by atoms with E-state index in [1.807, 2.05) is 30.6 Å². The molecule has 1 saturated carbocycles. The Kier molecular flexibility index (Phi) is 3.27. The first-order valence-corrected chi connectivity index (χ1v) is 8.37. The molecule has 3 aromatic rings. The van der Waals surface area contributed by atoms with Crippen LogP contribution >= 0.6 is 0 Å². The van der Waals surface area contributed by atoms with Crippen molar-refractivity contribution >= 4 is 27.8 Å². The van der Waals surface area contributed by atoms with Gasteiger partial charge in [0.05, 0.1) is 29.0 Å². The van der Waals surface area contributed by atoms with E-state index in [0.29, 0.717) is 5.82 Å². The van der Waals surface area contributed by atoms with Crippen molar-refractivity contribution in [3.05, 3.63) is 30.6 Å². The van der Waals surface area contributed by atoms with Gasteiger partial charge in [0.1, 0.15) is 5.52 Å². The number of nitrogens with two attached hydrogens (primary N) is 1. The zero-order valence-electron chi connectivity index (χ0n) is 13.4. The number of fused-ring (bicyclic) bond motifs is 3. The van der Waals surface area contributed by atoms with Gasteiger partial charge in [-0.25, -0.2) is 9.97 Å². The van der Waals surface area contributed by atoms with Crippen molar-refractivity contribution in [1.29, 1.82) is 0 Å². The van der Waals surface area contributed by atoms with Crippen LogP contribution in [0.15, 0.2) is 30.6 Å². The molecule has 0 unspecified atom stereocenters. The number of benzene rings is 1. The van der Waals surface area contributed by atoms with E-state index in [2.05, 4.69) is 21.5 Å². The van der Waals surface area contributed by atoms with Gasteiger partial charge in [0.2, 0.25) is 0 Å². The average molecular weight is 310 g/mol. The van der Waals surface area contributed by atoms with Crippen molar-refractivity contribution in [3.8, 4) is 0 Å². The van der Waals surface area contributed by atoms with Crippen LogP contribution in [0.25, 0.3) is 21.9 Å². The molecule has 4 rings (SSSR count). The maximum Gasteiger partial charge on any atom is 0.152 e. The van der Waals surface area contributed by atoms with Crippen LogP contribution in [0.2, 0.25) is 0 Å². The van der Waals surface area contributed by atoms with Crippen LogP contribution in [-0.4, -0.2) is 25.2 Å². The molecular weight excluding hydrogens is 288 g/mol. The molecule has 0 aliphatic heterocycles. The van der Waals surface area contributed by atoms with Gasteiger partial charge in [-0.05, 0) is 25.3 Å². The highest BCUT2D eigenvalue weighted by Gasteiger charge is 2.40. The second-order valence-electron chi connectivity index (χ2n) is 6.60. The molecule has 0 amide bonds. The summed E-state index contributed by atoms with van der Waals surface area (Å²) in [6, 6.07) is 7.99. The summed E-state index contributed by atoms with van der Waals surface area (Å²) < 4.78 is 2.13. The van der Waals surface area contributed by atoms with Crippen LogP contribution in [0.5, 0.6) is 0 Å². The molecule has 0 bridgehead atoms. The molecule has 0 radical (unpaired) electrons. The third kappa shape index (κ3) is 2.10. The van der Waals surface area contributed by atoms with E-state index in [0.717, 1.165) is 54.0 Å². The zero-order valence-corrected chi connectivity index (χ0v) is 13.4. The van der Waals surface area contributed by atoms with Crippen molar-refractivity contribution in [3.63, 3.8) is 0 Å². The predicted octanol–water partition coefficient (Wildman–Crippen LogP) is 3.42. The van der Waals surface area contributed by atoms with E-state index in [4.69, 9.17) is 5.73 Å². The van der Waals surface area contributed by atoms with Gasteiger partial charge >= 0.3 is 0 Å². The normalized spacial score (nSPS) is 18.7. The first-order valence-electron chi connectivity index (χ1n) is 8.37. The molecule has 1 atom stereocenters. The quantitative estimate of drug-likeness (QED) is 0.777. The summed E-state index contributed by atoms with van der Waals surface area (Å²) in [7, 11) is 0. The van der Waals surface area contributed by atoms with Gasteiger partial charge < -0.3 is 15.4 Å². The number of rotatable bonds is 3. The molecular formula is C18H22N4O. The summed E-state index contributed by atoms with van der Waals surface area (Å²) in [5.41, 5.74) is 8.04. The lowest BCUT2D eigenvalue weighted by atomic mass is 9.90. The zero-order chi connectivity index (χ0) is 16.0. The number of para-hydroxylation sites is 1. The summed E-state index contributed by atoms with van der Waals surface area (Å²) in [6.45, 7) is 2.12. The van der Waals surface area contributed by atoms with Crippen molar-refractivity contribution in [2.45, 2.75) is 50.7 Å². The molecule has 2 aromatic heterocycles. The van der Waals surface area contributed by atoms with Gasteiger partial charge in [0.15, 0.2) is 5.82 Å². The number of aliphatic hydroxyl groups is 1. The van der Waals surface area contributed by atoms with Gasteiger partial charge in [0.25, 0.3) is 0 Å². The summed E-state index contributed by atoms with van der Waals surface area (Å²) in [6.07, 6.45) is 6.56. The van der Waals surface area contributed by atoms with E-state index in [9.17, 15) is 5.11 Å². The Morgan fingerprint density at radius 1 is 1.30 bits per heavy atom. The van der Waals surface area contributed by atoms with Crippen molar-refractivity contribution in [2.24, 2.45) is 0 Å². The highest BCUT2D eigenvalue weighted by Crippen LogP contribution is 2.42. The lowest BCUT2D eigenvalue weighted by Crippen LogP contribution is -2.36. The molecule has 1 fully saturated rings. The van der Waals surface area contributed by atoms with Crippen LogP contribution in [-0.2, 0) is 0 Å². The molecule has 23 heavy (non-hydrogen) atoms. The second-order valence-corrected chi connectivity index (χ2v) is 6.60. The van der Waals surface area contributed by atoms with Gasteiger partial charge in [0, 0.05) is 5.39 Å². The third-order valence-electron chi connectivity index (χ3n) is 5.25. The van der Waals surface area contributed by atoms with E-state index in [1.165, 1.54) is 0 Å². The fraction of sp³-hybridized carbons (Fsp3) is 0.444. The molecule has 1 aromatic carbocycles. The van der Waals surface area contributed by atoms with Crippen molar-refractivity contribution in [2.75, 3.05) is 5.73 Å². The van der Waals surface area contributed by atoms with Gasteiger partial charge in [-0.3, -0.25) is 0 Å². The topological polar surface area (TPSA) is 77.0 Å². The molecule has 3 N–H and O–H groups in total. The van der Waals surface area contributed by atoms with E-state index in [-0.39, 0.29) is 6.04 Å². The highest BCUT2D eigenvalue weighted by atomic mass is 16.3. The fourth-order valence-corrected chi connectivity index (χ4v) is 4.16. The fourth-order valence-electron chi connectivity index (χ4n) is 4.16. The lowest BCUT2D eigenvalue weighted by Gasteiger charge is -2.33. The number of imidazole rings is 1. The molecule has 1 aliphatic carbocycles. The van der Waals surface area contributed by atoms with E-state index >= 15 is 0 Å². The third-order valence-corrected chi connectivity index (χ3v) is 5.25. The number of nitrogens with zero attached hydrogens (tertiary/aromatic N) is 3. The lowest BCUT2D eigenvalue weighted by molar-refractivity contribution is -0.00632. The molecule has 0 spiro atoms. The SMILES string of the molecule is CC[C@@H](n1cnc2c(N)nc3ccccc3c21)C1(O)CCCC1. The summed E-state index contributed by atoms with van der Waals surface area (Å²) in [4.78, 5) is 8.96. The number of hydrogen-bond donors (Lipinski definition) is 2. The van der Waals surface area contributed by atoms with Crippen LogP contribution < -0.4 is 5.73 Å². The largest absolute Gasteiger partial charge is 0.388 e. The minimum absolute atomic E-state index is 0.0141. The predicted molar refractivity (Wildman–Crippen MR) is 92.2 cm³/mol. The van der Waals surface area contributed by atoms with Crippen molar-refractivity contribution < 1.29 is 5.11 Å². The first kappa shape index (κ1) is 14.5. The summed E-state index contributed by atoms with van der Waals surface area (Å²) in [5.74, 6) is 0.450. The van der Waals surface area contributed by atoms with Crippen LogP contribution in [0.1, 0.15) is 45.1 Å². The molecule has 120 valence electrons.